The predicted octanol–water partition coefficient (Wildman–Crippen LogP) is 9.10. The Kier molecular flexibility index (Phi) is 8.99. The van der Waals surface area contributed by atoms with E-state index in [0.717, 1.165) is 62.3 Å². The number of aryl methyl sites for hydroxylation is 1. The van der Waals surface area contributed by atoms with Crippen molar-refractivity contribution in [3.63, 3.8) is 0 Å². The highest BCUT2D eigenvalue weighted by molar-refractivity contribution is 5.94. The molecule has 6 nitrogen and oxygen atoms in total. The number of benzene rings is 4. The van der Waals surface area contributed by atoms with Crippen LogP contribution in [0, 0.1) is 10.8 Å². The molecule has 1 N–H and O–H groups in total. The molecule has 2 heterocycles. The Bertz CT molecular complexity index is 1730. The number of carbonyl (C=O) groups is 1. The molecule has 0 aliphatic carbocycles. The third kappa shape index (κ3) is 6.36. The van der Waals surface area contributed by atoms with Gasteiger partial charge in [0.2, 0.25) is 5.91 Å². The molecular formula is C38H40N4O2. The van der Waals surface area contributed by atoms with Crippen LogP contribution in [-0.2, 0) is 11.2 Å². The number of fused-ring (bicyclic) bond motifs is 1. The van der Waals surface area contributed by atoms with Crippen LogP contribution in [0.25, 0.3) is 27.8 Å². The van der Waals surface area contributed by atoms with Crippen LogP contribution in [0.3, 0.4) is 0 Å². The smallest absolute Gasteiger partial charge is 0.226 e. The van der Waals surface area contributed by atoms with Crippen molar-refractivity contribution in [1.29, 1.82) is 0 Å². The van der Waals surface area contributed by atoms with Crippen molar-refractivity contribution < 1.29 is 4.79 Å². The van der Waals surface area contributed by atoms with Gasteiger partial charge in [-0.3, -0.25) is 4.79 Å². The molecule has 4 aromatic carbocycles. The Morgan fingerprint density at radius 3 is 2.34 bits per heavy atom. The first-order valence-corrected chi connectivity index (χ1v) is 15.8. The van der Waals surface area contributed by atoms with Gasteiger partial charge in [0.1, 0.15) is 5.69 Å². The Morgan fingerprint density at radius 2 is 1.61 bits per heavy atom. The van der Waals surface area contributed by atoms with Gasteiger partial charge in [0, 0.05) is 22.7 Å². The molecule has 6 rings (SSSR count). The lowest BCUT2D eigenvalue weighted by Crippen LogP contribution is -2.33. The number of carbonyl (C=O) groups excluding carboxylic acids is 1. The summed E-state index contributed by atoms with van der Waals surface area (Å²) in [6.45, 7) is 7.04. The van der Waals surface area contributed by atoms with Gasteiger partial charge in [0.15, 0.2) is 0 Å². The fraction of sp³-hybridized carbons (Fsp3) is 0.289. The van der Waals surface area contributed by atoms with E-state index in [2.05, 4.69) is 86.7 Å². The highest BCUT2D eigenvalue weighted by Crippen LogP contribution is 2.38. The van der Waals surface area contributed by atoms with Crippen molar-refractivity contribution in [2.75, 3.05) is 25.0 Å². The summed E-state index contributed by atoms with van der Waals surface area (Å²) in [4.78, 5) is 25.9. The van der Waals surface area contributed by atoms with Gasteiger partial charge < -0.3 is 14.8 Å². The Morgan fingerprint density at radius 1 is 0.886 bits per heavy atom. The summed E-state index contributed by atoms with van der Waals surface area (Å²) in [7, 11) is 0. The summed E-state index contributed by atoms with van der Waals surface area (Å²) in [5.74, 6) is 0.539. The summed E-state index contributed by atoms with van der Waals surface area (Å²) < 4.78 is 2.36. The fourth-order valence-corrected chi connectivity index (χ4v) is 6.51. The summed E-state index contributed by atoms with van der Waals surface area (Å²) >= 11 is 0. The van der Waals surface area contributed by atoms with Gasteiger partial charge in [0.25, 0.3) is 0 Å². The van der Waals surface area contributed by atoms with E-state index in [4.69, 9.17) is 0 Å². The molecule has 5 aromatic rings. The minimum absolute atomic E-state index is 0.0341. The molecule has 1 amide bonds. The summed E-state index contributed by atoms with van der Waals surface area (Å²) in [5.41, 5.74) is 8.57. The van der Waals surface area contributed by atoms with Gasteiger partial charge in [0.05, 0.1) is 11.2 Å². The van der Waals surface area contributed by atoms with Gasteiger partial charge in [-0.15, -0.1) is 4.91 Å². The van der Waals surface area contributed by atoms with Crippen LogP contribution < -0.4 is 5.32 Å². The van der Waals surface area contributed by atoms with E-state index >= 15 is 0 Å². The van der Waals surface area contributed by atoms with Crippen molar-refractivity contribution in [2.24, 2.45) is 11.1 Å². The third-order valence-electron chi connectivity index (χ3n) is 8.88. The molecule has 0 radical (unpaired) electrons. The van der Waals surface area contributed by atoms with Crippen molar-refractivity contribution in [1.82, 2.24) is 9.47 Å². The number of aromatic nitrogens is 1. The number of amides is 1. The number of rotatable bonds is 10. The molecule has 0 bridgehead atoms. The lowest BCUT2D eigenvalue weighted by atomic mass is 9.89. The predicted molar refractivity (Wildman–Crippen MR) is 181 cm³/mol. The lowest BCUT2D eigenvalue weighted by molar-refractivity contribution is -0.118. The lowest BCUT2D eigenvalue weighted by Gasteiger charge is -2.32. The minimum atomic E-state index is -0.0341. The van der Waals surface area contributed by atoms with E-state index in [0.29, 0.717) is 11.6 Å². The highest BCUT2D eigenvalue weighted by atomic mass is 16.3. The maximum Gasteiger partial charge on any atom is 0.226 e. The molecular weight excluding hydrogens is 544 g/mol. The van der Waals surface area contributed by atoms with Crippen LogP contribution in [0.4, 0.5) is 11.4 Å². The van der Waals surface area contributed by atoms with Crippen LogP contribution in [-0.4, -0.2) is 35.0 Å². The van der Waals surface area contributed by atoms with Crippen LogP contribution in [0.5, 0.6) is 0 Å². The van der Waals surface area contributed by atoms with E-state index in [-0.39, 0.29) is 11.8 Å². The van der Waals surface area contributed by atoms with Crippen LogP contribution in [0.1, 0.15) is 50.2 Å². The standard InChI is InChI=1S/C38H40N4O2/c1-27(2)38(43)39-32-11-8-10-30(26-32)28-21-24-41(25-22-28)23-9-15-35-34-14-6-7-16-36(34)42(33-12-4-3-5-13-33)37(35)29-17-19-31(40-44)20-18-29/h3-8,10-14,16-20,26-28H,9,15,21-25H2,1-2H3,(H,39,43). The maximum absolute atomic E-state index is 12.2. The average Bonchev–Trinajstić information content (AvgIpc) is 3.39. The van der Waals surface area contributed by atoms with Gasteiger partial charge >= 0.3 is 0 Å². The topological polar surface area (TPSA) is 66.7 Å². The number of hydrogen-bond acceptors (Lipinski definition) is 4. The molecule has 44 heavy (non-hydrogen) atoms. The zero-order valence-electron chi connectivity index (χ0n) is 25.6. The van der Waals surface area contributed by atoms with Gasteiger partial charge in [-0.2, -0.15) is 0 Å². The van der Waals surface area contributed by atoms with Crippen LogP contribution in [0.15, 0.2) is 108 Å². The number of hydrogen-bond donors (Lipinski definition) is 1. The number of piperidine rings is 1. The van der Waals surface area contributed by atoms with E-state index < -0.39 is 0 Å². The summed E-state index contributed by atoms with van der Waals surface area (Å²) in [5, 5.41) is 7.44. The molecule has 0 atom stereocenters. The van der Waals surface area contributed by atoms with E-state index in [9.17, 15) is 9.70 Å². The van der Waals surface area contributed by atoms with Crippen molar-refractivity contribution >= 4 is 28.2 Å². The van der Waals surface area contributed by atoms with Crippen molar-refractivity contribution in [2.45, 2.75) is 45.4 Å². The molecule has 1 aliphatic heterocycles. The molecule has 0 spiro atoms. The van der Waals surface area contributed by atoms with Gasteiger partial charge in [-0.1, -0.05) is 74.5 Å². The second kappa shape index (κ2) is 13.4. The van der Waals surface area contributed by atoms with Crippen molar-refractivity contribution in [3.8, 4) is 16.9 Å². The number of para-hydroxylation sites is 2. The molecule has 1 aromatic heterocycles. The number of anilines is 1. The SMILES string of the molecule is CC(C)C(=O)Nc1cccc(C2CCN(CCCc3c(-c4ccc(N=O)cc4)n(-c4ccccc4)c4ccccc34)CC2)c1. The quantitative estimate of drug-likeness (QED) is 0.167. The Balaban J connectivity index is 1.18. The zero-order valence-corrected chi connectivity index (χ0v) is 25.6. The maximum atomic E-state index is 12.2. The molecule has 1 aliphatic rings. The first-order chi connectivity index (χ1) is 21.5. The fourth-order valence-electron chi connectivity index (χ4n) is 6.51. The minimum Gasteiger partial charge on any atom is -0.326 e. The van der Waals surface area contributed by atoms with E-state index in [1.165, 1.54) is 27.7 Å². The van der Waals surface area contributed by atoms with Crippen LogP contribution >= 0.6 is 0 Å². The Labute approximate surface area is 259 Å². The monoisotopic (exact) mass is 584 g/mol. The number of nitrogens with zero attached hydrogens (tertiary/aromatic N) is 3. The molecule has 1 fully saturated rings. The van der Waals surface area contributed by atoms with E-state index in [1.807, 2.05) is 38.1 Å². The average molecular weight is 585 g/mol. The van der Waals surface area contributed by atoms with E-state index in [1.54, 1.807) is 12.1 Å². The zero-order chi connectivity index (χ0) is 30.5. The molecule has 0 unspecified atom stereocenters. The summed E-state index contributed by atoms with van der Waals surface area (Å²) in [6.07, 6.45) is 4.26. The molecule has 224 valence electrons. The Hall–Kier alpha value is -4.55. The van der Waals surface area contributed by atoms with Crippen molar-refractivity contribution in [3.05, 3.63) is 119 Å². The normalized spacial score (nSPS) is 14.2. The first-order valence-electron chi connectivity index (χ1n) is 15.8. The molecule has 1 saturated heterocycles. The molecule has 0 saturated carbocycles. The summed E-state index contributed by atoms with van der Waals surface area (Å²) in [6, 6.07) is 35.2. The van der Waals surface area contributed by atoms with Crippen LogP contribution in [0.2, 0.25) is 0 Å². The third-order valence-corrected chi connectivity index (χ3v) is 8.88. The number of likely N-dealkylation sites (tertiary alicyclic amines) is 1. The number of nitrogens with one attached hydrogen (secondary N) is 1. The highest BCUT2D eigenvalue weighted by Gasteiger charge is 2.23. The largest absolute Gasteiger partial charge is 0.326 e. The second-order valence-corrected chi connectivity index (χ2v) is 12.1. The van der Waals surface area contributed by atoms with Gasteiger partial charge in [-0.05, 0) is 116 Å². The first kappa shape index (κ1) is 29.5. The molecule has 6 heteroatoms. The number of nitroso groups, excluding NO2 is 1. The second-order valence-electron chi connectivity index (χ2n) is 12.1. The van der Waals surface area contributed by atoms with Gasteiger partial charge in [-0.25, -0.2) is 0 Å².